The standard InChI is InChI=1S/C10H17Cl2N/c1-3-9-4-5-13(8(9)2)7-10(12)6-11/h6,8-9H,3-5,7H2,1-2H3/b10-6-. The zero-order valence-corrected chi connectivity index (χ0v) is 9.78. The van der Waals surface area contributed by atoms with Crippen molar-refractivity contribution >= 4 is 23.2 Å². The van der Waals surface area contributed by atoms with Gasteiger partial charge in [-0.3, -0.25) is 4.90 Å². The molecule has 1 nitrogen and oxygen atoms in total. The molecule has 76 valence electrons. The molecule has 2 unspecified atom stereocenters. The van der Waals surface area contributed by atoms with E-state index in [4.69, 9.17) is 23.2 Å². The maximum absolute atomic E-state index is 5.89. The summed E-state index contributed by atoms with van der Waals surface area (Å²) in [4.78, 5) is 2.40. The summed E-state index contributed by atoms with van der Waals surface area (Å²) in [5, 5.41) is 0.741. The maximum atomic E-state index is 5.89. The topological polar surface area (TPSA) is 3.24 Å². The van der Waals surface area contributed by atoms with Crippen LogP contribution in [0.2, 0.25) is 0 Å². The van der Waals surface area contributed by atoms with Gasteiger partial charge in [-0.1, -0.05) is 36.5 Å². The maximum Gasteiger partial charge on any atom is 0.0434 e. The number of hydrogen-bond acceptors (Lipinski definition) is 1. The lowest BCUT2D eigenvalue weighted by Crippen LogP contribution is -2.30. The number of rotatable bonds is 3. The van der Waals surface area contributed by atoms with Crippen molar-refractivity contribution in [3.05, 3.63) is 10.6 Å². The number of nitrogens with zero attached hydrogens (tertiary/aromatic N) is 1. The van der Waals surface area contributed by atoms with E-state index >= 15 is 0 Å². The van der Waals surface area contributed by atoms with E-state index in [0.717, 1.165) is 24.0 Å². The van der Waals surface area contributed by atoms with E-state index in [1.54, 1.807) is 0 Å². The molecule has 3 heteroatoms. The molecular formula is C10H17Cl2N. The molecule has 1 aliphatic rings. The molecule has 0 aromatic heterocycles. The SMILES string of the molecule is CCC1CCN(C/C(Cl)=C/Cl)C1C. The average molecular weight is 222 g/mol. The highest BCUT2D eigenvalue weighted by Crippen LogP contribution is 2.27. The van der Waals surface area contributed by atoms with E-state index in [9.17, 15) is 0 Å². The molecule has 1 rings (SSSR count). The highest BCUT2D eigenvalue weighted by atomic mass is 35.5. The lowest BCUT2D eigenvalue weighted by molar-refractivity contribution is 0.261. The first-order valence-corrected chi connectivity index (χ1v) is 5.69. The van der Waals surface area contributed by atoms with Gasteiger partial charge in [-0.05, 0) is 25.8 Å². The summed E-state index contributed by atoms with van der Waals surface area (Å²) in [7, 11) is 0. The second-order valence-electron chi connectivity index (χ2n) is 3.72. The van der Waals surface area contributed by atoms with Gasteiger partial charge in [0.15, 0.2) is 0 Å². The Labute approximate surface area is 90.7 Å². The molecule has 0 aliphatic carbocycles. The number of halogens is 2. The van der Waals surface area contributed by atoms with Crippen molar-refractivity contribution in [2.24, 2.45) is 5.92 Å². The Morgan fingerprint density at radius 2 is 2.31 bits per heavy atom. The lowest BCUT2D eigenvalue weighted by Gasteiger charge is -2.23. The van der Waals surface area contributed by atoms with Crippen LogP contribution in [0.3, 0.4) is 0 Å². The Bertz CT molecular complexity index is 191. The zero-order valence-electron chi connectivity index (χ0n) is 8.26. The van der Waals surface area contributed by atoms with E-state index in [0.29, 0.717) is 6.04 Å². The van der Waals surface area contributed by atoms with Gasteiger partial charge in [0.1, 0.15) is 0 Å². The molecule has 0 aromatic carbocycles. The third-order valence-corrected chi connectivity index (χ3v) is 3.65. The summed E-state index contributed by atoms with van der Waals surface area (Å²) in [5.41, 5.74) is 1.47. The highest BCUT2D eigenvalue weighted by molar-refractivity contribution is 6.36. The van der Waals surface area contributed by atoms with Crippen LogP contribution < -0.4 is 0 Å². The van der Waals surface area contributed by atoms with E-state index in [2.05, 4.69) is 18.7 Å². The van der Waals surface area contributed by atoms with Crippen molar-refractivity contribution in [2.45, 2.75) is 32.7 Å². The molecule has 0 spiro atoms. The van der Waals surface area contributed by atoms with E-state index in [1.807, 2.05) is 0 Å². The third kappa shape index (κ3) is 2.87. The first-order chi connectivity index (χ1) is 6.19. The normalized spacial score (nSPS) is 31.2. The van der Waals surface area contributed by atoms with Crippen molar-refractivity contribution < 1.29 is 0 Å². The Morgan fingerprint density at radius 3 is 2.77 bits per heavy atom. The van der Waals surface area contributed by atoms with Gasteiger partial charge in [-0.25, -0.2) is 0 Å². The third-order valence-electron chi connectivity index (χ3n) is 3.04. The van der Waals surface area contributed by atoms with Crippen molar-refractivity contribution in [1.29, 1.82) is 0 Å². The first kappa shape index (κ1) is 11.4. The molecule has 1 saturated heterocycles. The molecule has 0 saturated carbocycles. The molecule has 13 heavy (non-hydrogen) atoms. The summed E-state index contributed by atoms with van der Waals surface area (Å²) >= 11 is 11.4. The van der Waals surface area contributed by atoms with Gasteiger partial charge in [-0.2, -0.15) is 0 Å². The van der Waals surface area contributed by atoms with Crippen molar-refractivity contribution in [3.63, 3.8) is 0 Å². The average Bonchev–Trinajstić information content (AvgIpc) is 2.48. The minimum Gasteiger partial charge on any atom is -0.295 e. The van der Waals surface area contributed by atoms with Crippen LogP contribution >= 0.6 is 23.2 Å². The molecule has 0 radical (unpaired) electrons. The van der Waals surface area contributed by atoms with Crippen molar-refractivity contribution in [2.75, 3.05) is 13.1 Å². The second kappa shape index (κ2) is 5.23. The molecule has 2 atom stereocenters. The van der Waals surface area contributed by atoms with Crippen LogP contribution in [-0.4, -0.2) is 24.0 Å². The highest BCUT2D eigenvalue weighted by Gasteiger charge is 2.28. The molecule has 0 N–H and O–H groups in total. The predicted octanol–water partition coefficient (Wildman–Crippen LogP) is 3.43. The summed E-state index contributed by atoms with van der Waals surface area (Å²) < 4.78 is 0. The van der Waals surface area contributed by atoms with Gasteiger partial charge < -0.3 is 0 Å². The summed E-state index contributed by atoms with van der Waals surface area (Å²) in [6.07, 6.45) is 2.56. The zero-order chi connectivity index (χ0) is 9.84. The molecular weight excluding hydrogens is 205 g/mol. The van der Waals surface area contributed by atoms with Gasteiger partial charge in [-0.15, -0.1) is 0 Å². The Hall–Kier alpha value is 0.280. The minimum atomic E-state index is 0.648. The minimum absolute atomic E-state index is 0.648. The van der Waals surface area contributed by atoms with E-state index < -0.39 is 0 Å². The van der Waals surface area contributed by atoms with Crippen LogP contribution in [-0.2, 0) is 0 Å². The molecule has 1 aliphatic heterocycles. The molecule has 1 heterocycles. The molecule has 0 aromatic rings. The van der Waals surface area contributed by atoms with Crippen molar-refractivity contribution in [1.82, 2.24) is 4.90 Å². The smallest absolute Gasteiger partial charge is 0.0434 e. The van der Waals surface area contributed by atoms with Gasteiger partial charge >= 0.3 is 0 Å². The lowest BCUT2D eigenvalue weighted by atomic mass is 9.99. The summed E-state index contributed by atoms with van der Waals surface area (Å²) in [6, 6.07) is 0.648. The van der Waals surface area contributed by atoms with Crippen LogP contribution in [0.1, 0.15) is 26.7 Å². The summed E-state index contributed by atoms with van der Waals surface area (Å²) in [6.45, 7) is 6.49. The number of hydrogen-bond donors (Lipinski definition) is 0. The monoisotopic (exact) mass is 221 g/mol. The Kier molecular flexibility index (Phi) is 4.57. The van der Waals surface area contributed by atoms with Crippen LogP contribution in [0.25, 0.3) is 0 Å². The van der Waals surface area contributed by atoms with Crippen molar-refractivity contribution in [3.8, 4) is 0 Å². The van der Waals surface area contributed by atoms with Crippen LogP contribution in [0.15, 0.2) is 10.6 Å². The fourth-order valence-corrected chi connectivity index (χ4v) is 2.29. The largest absolute Gasteiger partial charge is 0.295 e. The quantitative estimate of drug-likeness (QED) is 0.707. The molecule has 1 fully saturated rings. The van der Waals surface area contributed by atoms with E-state index in [-0.39, 0.29) is 0 Å². The first-order valence-electron chi connectivity index (χ1n) is 4.87. The molecule has 0 bridgehead atoms. The fraction of sp³-hybridized carbons (Fsp3) is 0.800. The predicted molar refractivity (Wildman–Crippen MR) is 59.2 cm³/mol. The Balaban J connectivity index is 2.45. The van der Waals surface area contributed by atoms with Gasteiger partial charge in [0.05, 0.1) is 0 Å². The fourth-order valence-electron chi connectivity index (χ4n) is 2.07. The van der Waals surface area contributed by atoms with Crippen LogP contribution in [0.5, 0.6) is 0 Å². The van der Waals surface area contributed by atoms with Gasteiger partial charge in [0.2, 0.25) is 0 Å². The second-order valence-corrected chi connectivity index (χ2v) is 4.43. The van der Waals surface area contributed by atoms with Crippen LogP contribution in [0, 0.1) is 5.92 Å². The van der Waals surface area contributed by atoms with Gasteiger partial charge in [0, 0.05) is 23.2 Å². The Morgan fingerprint density at radius 1 is 1.62 bits per heavy atom. The van der Waals surface area contributed by atoms with Gasteiger partial charge in [0.25, 0.3) is 0 Å². The van der Waals surface area contributed by atoms with Crippen LogP contribution in [0.4, 0.5) is 0 Å². The summed E-state index contributed by atoms with van der Waals surface area (Å²) in [5.74, 6) is 0.833. The van der Waals surface area contributed by atoms with E-state index in [1.165, 1.54) is 18.4 Å². The molecule has 0 amide bonds. The number of likely N-dealkylation sites (tertiary alicyclic amines) is 1.